The Balaban J connectivity index is 0. The Bertz CT molecular complexity index is 403. The first-order chi connectivity index (χ1) is 10.8. The van der Waals surface area contributed by atoms with Gasteiger partial charge in [-0.25, -0.2) is 4.79 Å². The third-order valence-electron chi connectivity index (χ3n) is 2.93. The molecule has 0 aromatic carbocycles. The standard InChI is InChI=1S/C15H29O7P.Na/c1-4-5-6-7-8-9-10-21-23(18,19)22-12-14(16)11-20-15(17)13(2)3;/h14,16H,2,4-12H2,1,3H3,(H,18,19);/q;+1/p-1. The normalized spacial score (nSPS) is 14.3. The molecule has 0 aliphatic heterocycles. The zero-order valence-corrected chi connectivity index (χ0v) is 17.9. The minimum Gasteiger partial charge on any atom is -0.756 e. The fraction of sp³-hybridized carbons (Fsp3) is 0.800. The largest absolute Gasteiger partial charge is 1.00 e. The van der Waals surface area contributed by atoms with Crippen LogP contribution in [0.25, 0.3) is 0 Å². The van der Waals surface area contributed by atoms with Crippen molar-refractivity contribution < 1.29 is 62.7 Å². The quantitative estimate of drug-likeness (QED) is 0.141. The van der Waals surface area contributed by atoms with Crippen LogP contribution < -0.4 is 34.5 Å². The van der Waals surface area contributed by atoms with Crippen molar-refractivity contribution >= 4 is 13.8 Å². The molecule has 0 bridgehead atoms. The summed E-state index contributed by atoms with van der Waals surface area (Å²) in [5, 5.41) is 9.49. The average Bonchev–Trinajstić information content (AvgIpc) is 2.49. The van der Waals surface area contributed by atoms with E-state index in [2.05, 4.69) is 22.8 Å². The van der Waals surface area contributed by atoms with Crippen molar-refractivity contribution in [3.05, 3.63) is 12.2 Å². The minimum absolute atomic E-state index is 0. The SMILES string of the molecule is C=C(C)C(=O)OCC(O)COP(=O)([O-])OCCCCCCCC.[Na+]. The summed E-state index contributed by atoms with van der Waals surface area (Å²) in [5.74, 6) is -0.659. The van der Waals surface area contributed by atoms with Crippen LogP contribution in [0.4, 0.5) is 0 Å². The molecule has 0 amide bonds. The molecule has 7 nitrogen and oxygen atoms in total. The maximum absolute atomic E-state index is 11.5. The van der Waals surface area contributed by atoms with Gasteiger partial charge in [-0.3, -0.25) is 4.57 Å². The van der Waals surface area contributed by atoms with Gasteiger partial charge in [0.15, 0.2) is 0 Å². The number of esters is 1. The second-order valence-electron chi connectivity index (χ2n) is 5.38. The number of carbonyl (C=O) groups excluding carboxylic acids is 1. The predicted octanol–water partition coefficient (Wildman–Crippen LogP) is -0.667. The maximum atomic E-state index is 11.5. The molecule has 0 aromatic rings. The Hall–Kier alpha value is 0.280. The van der Waals surface area contributed by atoms with Crippen molar-refractivity contribution in [2.45, 2.75) is 58.5 Å². The molecule has 2 atom stereocenters. The van der Waals surface area contributed by atoms with Gasteiger partial charge in [-0.15, -0.1) is 0 Å². The van der Waals surface area contributed by atoms with Gasteiger partial charge in [-0.1, -0.05) is 45.6 Å². The number of carbonyl (C=O) groups is 1. The number of rotatable bonds is 14. The molecule has 1 N–H and O–H groups in total. The van der Waals surface area contributed by atoms with E-state index in [1.165, 1.54) is 13.3 Å². The third kappa shape index (κ3) is 15.8. The van der Waals surface area contributed by atoms with Gasteiger partial charge >= 0.3 is 35.5 Å². The van der Waals surface area contributed by atoms with Gasteiger partial charge < -0.3 is 23.8 Å². The van der Waals surface area contributed by atoms with Gasteiger partial charge in [0.25, 0.3) is 7.82 Å². The van der Waals surface area contributed by atoms with Gasteiger partial charge in [-0.2, -0.15) is 0 Å². The number of hydrogen-bond donors (Lipinski definition) is 1. The molecule has 0 aromatic heterocycles. The van der Waals surface area contributed by atoms with Crippen molar-refractivity contribution in [1.82, 2.24) is 0 Å². The summed E-state index contributed by atoms with van der Waals surface area (Å²) < 4.78 is 25.4. The summed E-state index contributed by atoms with van der Waals surface area (Å²) in [5.41, 5.74) is 0.190. The molecule has 0 saturated heterocycles. The molecule has 0 aliphatic carbocycles. The van der Waals surface area contributed by atoms with Crippen LogP contribution in [0.15, 0.2) is 12.2 Å². The Kier molecular flexibility index (Phi) is 17.2. The minimum atomic E-state index is -4.44. The maximum Gasteiger partial charge on any atom is 1.00 e. The molecular weight excluding hydrogens is 346 g/mol. The van der Waals surface area contributed by atoms with Gasteiger partial charge in [0.1, 0.15) is 12.7 Å². The molecule has 24 heavy (non-hydrogen) atoms. The number of aliphatic hydroxyl groups is 1. The summed E-state index contributed by atoms with van der Waals surface area (Å²) in [7, 11) is -4.44. The fourth-order valence-electron chi connectivity index (χ4n) is 1.62. The van der Waals surface area contributed by atoms with Crippen molar-refractivity contribution in [1.29, 1.82) is 0 Å². The molecule has 0 spiro atoms. The van der Waals surface area contributed by atoms with Crippen LogP contribution in [-0.4, -0.2) is 37.0 Å². The van der Waals surface area contributed by atoms with E-state index in [0.29, 0.717) is 6.42 Å². The molecular formula is C15H28NaO7P. The van der Waals surface area contributed by atoms with Crippen LogP contribution in [-0.2, 0) is 23.1 Å². The van der Waals surface area contributed by atoms with Crippen LogP contribution in [0, 0.1) is 0 Å². The summed E-state index contributed by atoms with van der Waals surface area (Å²) in [4.78, 5) is 22.6. The smallest absolute Gasteiger partial charge is 0.756 e. The second kappa shape index (κ2) is 15.5. The average molecular weight is 374 g/mol. The summed E-state index contributed by atoms with van der Waals surface area (Å²) in [6.07, 6.45) is 4.81. The molecule has 2 unspecified atom stereocenters. The number of hydrogen-bond acceptors (Lipinski definition) is 7. The summed E-state index contributed by atoms with van der Waals surface area (Å²) >= 11 is 0. The first kappa shape index (κ1) is 26.5. The first-order valence-electron chi connectivity index (χ1n) is 7.89. The van der Waals surface area contributed by atoms with E-state index in [0.717, 1.165) is 25.7 Å². The van der Waals surface area contributed by atoms with Crippen LogP contribution >= 0.6 is 7.82 Å². The number of aliphatic hydroxyl groups excluding tert-OH is 1. The van der Waals surface area contributed by atoms with E-state index in [1.54, 1.807) is 0 Å². The van der Waals surface area contributed by atoms with Gasteiger partial charge in [-0.05, 0) is 13.3 Å². The van der Waals surface area contributed by atoms with E-state index in [1.807, 2.05) is 0 Å². The number of ether oxygens (including phenoxy) is 1. The molecule has 0 saturated carbocycles. The van der Waals surface area contributed by atoms with E-state index in [4.69, 9.17) is 4.52 Å². The van der Waals surface area contributed by atoms with Crippen molar-refractivity contribution in [2.75, 3.05) is 19.8 Å². The van der Waals surface area contributed by atoms with Crippen molar-refractivity contribution in [2.24, 2.45) is 0 Å². The van der Waals surface area contributed by atoms with Crippen molar-refractivity contribution in [3.8, 4) is 0 Å². The first-order valence-corrected chi connectivity index (χ1v) is 9.35. The third-order valence-corrected chi connectivity index (χ3v) is 3.89. The van der Waals surface area contributed by atoms with E-state index in [-0.39, 0.29) is 48.3 Å². The van der Waals surface area contributed by atoms with Gasteiger partial charge in [0.05, 0.1) is 13.2 Å². The van der Waals surface area contributed by atoms with Crippen LogP contribution in [0.5, 0.6) is 0 Å². The van der Waals surface area contributed by atoms with Gasteiger partial charge in [0.2, 0.25) is 0 Å². The zero-order valence-electron chi connectivity index (χ0n) is 15.0. The zero-order chi connectivity index (χ0) is 17.7. The number of unbranched alkanes of at least 4 members (excludes halogenated alkanes) is 5. The van der Waals surface area contributed by atoms with Gasteiger partial charge in [0, 0.05) is 5.57 Å². The summed E-state index contributed by atoms with van der Waals surface area (Å²) in [6, 6.07) is 0. The van der Waals surface area contributed by atoms with E-state index < -0.39 is 26.5 Å². The Morgan fingerprint density at radius 1 is 1.17 bits per heavy atom. The van der Waals surface area contributed by atoms with E-state index >= 15 is 0 Å². The summed E-state index contributed by atoms with van der Waals surface area (Å²) in [6.45, 7) is 6.14. The fourth-order valence-corrected chi connectivity index (χ4v) is 2.40. The second-order valence-corrected chi connectivity index (χ2v) is 6.79. The molecule has 9 heteroatoms. The Morgan fingerprint density at radius 2 is 1.75 bits per heavy atom. The number of phosphoric ester groups is 1. The monoisotopic (exact) mass is 374 g/mol. The van der Waals surface area contributed by atoms with Crippen LogP contribution in [0.2, 0.25) is 0 Å². The Morgan fingerprint density at radius 3 is 2.33 bits per heavy atom. The molecule has 0 radical (unpaired) electrons. The Labute approximate surface area is 166 Å². The predicted molar refractivity (Wildman–Crippen MR) is 84.7 cm³/mol. The molecule has 0 rings (SSSR count). The number of phosphoric acid groups is 1. The van der Waals surface area contributed by atoms with Crippen LogP contribution in [0.1, 0.15) is 52.4 Å². The van der Waals surface area contributed by atoms with E-state index in [9.17, 15) is 19.4 Å². The van der Waals surface area contributed by atoms with Crippen molar-refractivity contribution in [3.63, 3.8) is 0 Å². The topological polar surface area (TPSA) is 105 Å². The molecule has 0 fully saturated rings. The molecule has 0 aliphatic rings. The molecule has 0 heterocycles. The van der Waals surface area contributed by atoms with Crippen LogP contribution in [0.3, 0.4) is 0 Å². The molecule has 136 valence electrons.